The fraction of sp³-hybridized carbons (Fsp3) is 1.00. The maximum atomic E-state index is 3.58. The molecule has 0 radical (unpaired) electrons. The Kier molecular flexibility index (Phi) is 5.78. The first-order chi connectivity index (χ1) is 8.29. The second-order valence-electron chi connectivity index (χ2n) is 5.89. The fourth-order valence-electron chi connectivity index (χ4n) is 3.24. The van der Waals surface area contributed by atoms with Crippen molar-refractivity contribution in [2.75, 3.05) is 38.1 Å². The van der Waals surface area contributed by atoms with Crippen LogP contribution in [0.15, 0.2) is 0 Å². The summed E-state index contributed by atoms with van der Waals surface area (Å²) in [4.78, 5) is 5.42. The van der Waals surface area contributed by atoms with Crippen LogP contribution >= 0.6 is 15.9 Å². The Morgan fingerprint density at radius 3 is 2.29 bits per heavy atom. The van der Waals surface area contributed by atoms with Crippen LogP contribution in [0.2, 0.25) is 0 Å². The standard InChI is InChI=1S/C14H27BrN2/c1-13(11-15)12-16-9-5-14(6-10-16)17-7-3-2-4-8-17/h13-14H,2-12H2,1H3. The van der Waals surface area contributed by atoms with E-state index in [9.17, 15) is 0 Å². The number of nitrogens with zero attached hydrogens (tertiary/aromatic N) is 2. The maximum Gasteiger partial charge on any atom is 0.0120 e. The van der Waals surface area contributed by atoms with Gasteiger partial charge in [-0.1, -0.05) is 29.3 Å². The van der Waals surface area contributed by atoms with Crippen molar-refractivity contribution in [3.05, 3.63) is 0 Å². The topological polar surface area (TPSA) is 6.48 Å². The Bertz CT molecular complexity index is 208. The van der Waals surface area contributed by atoms with Crippen LogP contribution in [-0.4, -0.2) is 53.9 Å². The van der Waals surface area contributed by atoms with Crippen molar-refractivity contribution in [1.29, 1.82) is 0 Å². The molecule has 1 unspecified atom stereocenters. The van der Waals surface area contributed by atoms with E-state index in [0.29, 0.717) is 0 Å². The third-order valence-electron chi connectivity index (χ3n) is 4.30. The highest BCUT2D eigenvalue weighted by molar-refractivity contribution is 9.09. The van der Waals surface area contributed by atoms with Gasteiger partial charge in [0.05, 0.1) is 0 Å². The molecule has 0 bridgehead atoms. The van der Waals surface area contributed by atoms with Gasteiger partial charge in [0.25, 0.3) is 0 Å². The molecule has 0 aromatic carbocycles. The van der Waals surface area contributed by atoms with Gasteiger partial charge in [0.1, 0.15) is 0 Å². The zero-order valence-electron chi connectivity index (χ0n) is 11.2. The molecule has 2 saturated heterocycles. The molecule has 0 saturated carbocycles. The van der Waals surface area contributed by atoms with E-state index in [0.717, 1.165) is 17.3 Å². The first-order valence-corrected chi connectivity index (χ1v) is 8.44. The average molecular weight is 303 g/mol. The Labute approximate surface area is 115 Å². The molecule has 3 heteroatoms. The average Bonchev–Trinajstić information content (AvgIpc) is 2.40. The molecule has 0 N–H and O–H groups in total. The van der Waals surface area contributed by atoms with E-state index in [1.54, 1.807) is 0 Å². The SMILES string of the molecule is CC(CBr)CN1CCC(N2CCCCC2)CC1. The van der Waals surface area contributed by atoms with Gasteiger partial charge in [0, 0.05) is 17.9 Å². The second-order valence-corrected chi connectivity index (χ2v) is 6.54. The van der Waals surface area contributed by atoms with Crippen LogP contribution in [0, 0.1) is 5.92 Å². The number of halogens is 1. The van der Waals surface area contributed by atoms with E-state index in [2.05, 4.69) is 32.7 Å². The Morgan fingerprint density at radius 2 is 1.71 bits per heavy atom. The number of alkyl halides is 1. The molecule has 100 valence electrons. The summed E-state index contributed by atoms with van der Waals surface area (Å²) in [5.74, 6) is 0.793. The van der Waals surface area contributed by atoms with Crippen molar-refractivity contribution in [2.24, 2.45) is 5.92 Å². The molecule has 17 heavy (non-hydrogen) atoms. The molecule has 2 heterocycles. The van der Waals surface area contributed by atoms with Crippen LogP contribution in [0.3, 0.4) is 0 Å². The number of piperidine rings is 2. The van der Waals surface area contributed by atoms with Crippen molar-refractivity contribution in [2.45, 2.75) is 45.1 Å². The van der Waals surface area contributed by atoms with Crippen molar-refractivity contribution in [1.82, 2.24) is 9.80 Å². The highest BCUT2D eigenvalue weighted by Crippen LogP contribution is 2.21. The summed E-state index contributed by atoms with van der Waals surface area (Å²) >= 11 is 3.58. The highest BCUT2D eigenvalue weighted by atomic mass is 79.9. The van der Waals surface area contributed by atoms with E-state index in [-0.39, 0.29) is 0 Å². The summed E-state index contributed by atoms with van der Waals surface area (Å²) in [6.45, 7) is 8.98. The van der Waals surface area contributed by atoms with Crippen LogP contribution in [0.1, 0.15) is 39.0 Å². The summed E-state index contributed by atoms with van der Waals surface area (Å²) in [7, 11) is 0. The predicted molar refractivity (Wildman–Crippen MR) is 77.8 cm³/mol. The molecule has 1 atom stereocenters. The summed E-state index contributed by atoms with van der Waals surface area (Å²) in [6.07, 6.45) is 7.11. The molecule has 2 rings (SSSR count). The number of rotatable bonds is 4. The van der Waals surface area contributed by atoms with Gasteiger partial charge in [-0.25, -0.2) is 0 Å². The van der Waals surface area contributed by atoms with Gasteiger partial charge in [-0.3, -0.25) is 0 Å². The molecule has 0 amide bonds. The van der Waals surface area contributed by atoms with Gasteiger partial charge >= 0.3 is 0 Å². The number of likely N-dealkylation sites (tertiary alicyclic amines) is 2. The lowest BCUT2D eigenvalue weighted by molar-refractivity contribution is 0.0880. The lowest BCUT2D eigenvalue weighted by atomic mass is 9.99. The van der Waals surface area contributed by atoms with E-state index < -0.39 is 0 Å². The molecule has 2 nitrogen and oxygen atoms in total. The molecular weight excluding hydrogens is 276 g/mol. The lowest BCUT2D eigenvalue weighted by Gasteiger charge is -2.40. The van der Waals surface area contributed by atoms with Crippen molar-refractivity contribution in [3.8, 4) is 0 Å². The smallest absolute Gasteiger partial charge is 0.0120 e. The minimum atomic E-state index is 0.793. The number of hydrogen-bond acceptors (Lipinski definition) is 2. The lowest BCUT2D eigenvalue weighted by Crippen LogP contribution is -2.47. The summed E-state index contributed by atoms with van der Waals surface area (Å²) in [5.41, 5.74) is 0. The first-order valence-electron chi connectivity index (χ1n) is 7.32. The molecule has 2 fully saturated rings. The zero-order chi connectivity index (χ0) is 12.1. The van der Waals surface area contributed by atoms with Gasteiger partial charge in [-0.05, 0) is 57.8 Å². The molecule has 0 aliphatic carbocycles. The van der Waals surface area contributed by atoms with E-state index in [1.807, 2.05) is 0 Å². The Balaban J connectivity index is 1.70. The second kappa shape index (κ2) is 7.10. The van der Waals surface area contributed by atoms with Crippen molar-refractivity contribution in [3.63, 3.8) is 0 Å². The molecule has 0 spiro atoms. The van der Waals surface area contributed by atoms with Crippen LogP contribution < -0.4 is 0 Å². The van der Waals surface area contributed by atoms with Crippen molar-refractivity contribution >= 4 is 15.9 Å². The van der Waals surface area contributed by atoms with E-state index >= 15 is 0 Å². The molecular formula is C14H27BrN2. The predicted octanol–water partition coefficient (Wildman–Crippen LogP) is 2.97. The molecule has 2 aliphatic heterocycles. The van der Waals surface area contributed by atoms with Gasteiger partial charge in [-0.2, -0.15) is 0 Å². The maximum absolute atomic E-state index is 3.58. The highest BCUT2D eigenvalue weighted by Gasteiger charge is 2.25. The van der Waals surface area contributed by atoms with Gasteiger partial charge < -0.3 is 9.80 Å². The molecule has 0 aromatic rings. The normalized spacial score (nSPS) is 27.2. The van der Waals surface area contributed by atoms with Gasteiger partial charge in [0.15, 0.2) is 0 Å². The van der Waals surface area contributed by atoms with Crippen LogP contribution in [-0.2, 0) is 0 Å². The summed E-state index contributed by atoms with van der Waals surface area (Å²) < 4.78 is 0. The Hall–Kier alpha value is 0.400. The van der Waals surface area contributed by atoms with Gasteiger partial charge in [-0.15, -0.1) is 0 Å². The Morgan fingerprint density at radius 1 is 1.06 bits per heavy atom. The third-order valence-corrected chi connectivity index (χ3v) is 5.40. The molecule has 2 aliphatic rings. The van der Waals surface area contributed by atoms with Gasteiger partial charge in [0.2, 0.25) is 0 Å². The summed E-state index contributed by atoms with van der Waals surface area (Å²) in [6, 6.07) is 0.894. The minimum Gasteiger partial charge on any atom is -0.303 e. The van der Waals surface area contributed by atoms with Crippen LogP contribution in [0.5, 0.6) is 0 Å². The number of hydrogen-bond donors (Lipinski definition) is 0. The molecule has 0 aromatic heterocycles. The summed E-state index contributed by atoms with van der Waals surface area (Å²) in [5, 5.41) is 1.14. The first kappa shape index (κ1) is 13.8. The van der Waals surface area contributed by atoms with Crippen LogP contribution in [0.4, 0.5) is 0 Å². The van der Waals surface area contributed by atoms with Crippen molar-refractivity contribution < 1.29 is 0 Å². The monoisotopic (exact) mass is 302 g/mol. The minimum absolute atomic E-state index is 0.793. The van der Waals surface area contributed by atoms with Crippen LogP contribution in [0.25, 0.3) is 0 Å². The van der Waals surface area contributed by atoms with E-state index in [1.165, 1.54) is 64.8 Å². The fourth-order valence-corrected chi connectivity index (χ4v) is 3.44. The third kappa shape index (κ3) is 4.22. The van der Waals surface area contributed by atoms with E-state index in [4.69, 9.17) is 0 Å². The zero-order valence-corrected chi connectivity index (χ0v) is 12.8. The largest absolute Gasteiger partial charge is 0.303 e. The quantitative estimate of drug-likeness (QED) is 0.737.